The molecule has 27 heavy (non-hydrogen) atoms. The summed E-state index contributed by atoms with van der Waals surface area (Å²) in [6.45, 7) is 2.30. The molecule has 9 nitrogen and oxygen atoms in total. The van der Waals surface area contributed by atoms with E-state index in [0.717, 1.165) is 16.9 Å². The van der Waals surface area contributed by atoms with E-state index < -0.39 is 21.8 Å². The van der Waals surface area contributed by atoms with Crippen LogP contribution in [-0.4, -0.2) is 47.8 Å². The highest BCUT2D eigenvalue weighted by atomic mass is 32.2. The molecule has 1 aromatic heterocycles. The number of piperidine rings is 1. The number of nitrogens with zero attached hydrogens (tertiary/aromatic N) is 3. The van der Waals surface area contributed by atoms with E-state index in [4.69, 9.17) is 5.73 Å². The Hall–Kier alpha value is -2.37. The summed E-state index contributed by atoms with van der Waals surface area (Å²) in [5.41, 5.74) is 6.73. The lowest BCUT2D eigenvalue weighted by Gasteiger charge is -2.28. The minimum absolute atomic E-state index is 0.103. The van der Waals surface area contributed by atoms with Gasteiger partial charge >= 0.3 is 0 Å². The van der Waals surface area contributed by atoms with Crippen LogP contribution in [0.4, 0.5) is 5.13 Å². The first kappa shape index (κ1) is 19.4. The lowest BCUT2D eigenvalue weighted by atomic mass is 9.98. The standard InChI is InChI=1S/C16H19N5O4S2/c1-10-2-4-12(5-3-10)14(23)18-15-19-20-16(26-15)27(24,25)21-8-6-11(7-9-21)13(17)22/h2-5,11H,6-9H2,1H3,(H2,17,22)(H,18,19,23). The van der Waals surface area contributed by atoms with Gasteiger partial charge in [-0.2, -0.15) is 4.31 Å². The van der Waals surface area contributed by atoms with E-state index in [1.807, 2.05) is 6.92 Å². The molecule has 0 saturated carbocycles. The van der Waals surface area contributed by atoms with Crippen LogP contribution in [0.25, 0.3) is 0 Å². The molecule has 0 unspecified atom stereocenters. The normalized spacial score (nSPS) is 16.2. The van der Waals surface area contributed by atoms with Crippen molar-refractivity contribution in [3.05, 3.63) is 35.4 Å². The third-order valence-corrected chi connectivity index (χ3v) is 7.44. The number of hydrogen-bond donors (Lipinski definition) is 2. The molecule has 1 saturated heterocycles. The van der Waals surface area contributed by atoms with Gasteiger partial charge in [-0.1, -0.05) is 29.0 Å². The number of hydrogen-bond acceptors (Lipinski definition) is 7. The first-order chi connectivity index (χ1) is 12.8. The largest absolute Gasteiger partial charge is 0.369 e. The number of aromatic nitrogens is 2. The van der Waals surface area contributed by atoms with E-state index in [0.29, 0.717) is 18.4 Å². The van der Waals surface area contributed by atoms with Gasteiger partial charge in [-0.05, 0) is 31.9 Å². The Morgan fingerprint density at radius 3 is 2.41 bits per heavy atom. The lowest BCUT2D eigenvalue weighted by molar-refractivity contribution is -0.122. The molecule has 0 aliphatic carbocycles. The molecule has 3 rings (SSSR count). The first-order valence-corrected chi connectivity index (χ1v) is 10.5. The van der Waals surface area contributed by atoms with Gasteiger partial charge in [0.25, 0.3) is 15.9 Å². The second kappa shape index (κ2) is 7.71. The summed E-state index contributed by atoms with van der Waals surface area (Å²) >= 11 is 0.791. The Morgan fingerprint density at radius 2 is 1.81 bits per heavy atom. The number of sulfonamides is 1. The summed E-state index contributed by atoms with van der Waals surface area (Å²) in [6, 6.07) is 6.96. The number of benzene rings is 1. The van der Waals surface area contributed by atoms with Crippen LogP contribution in [0.1, 0.15) is 28.8 Å². The lowest BCUT2D eigenvalue weighted by Crippen LogP contribution is -2.41. The molecule has 3 N–H and O–H groups in total. The van der Waals surface area contributed by atoms with Crippen LogP contribution in [0, 0.1) is 12.8 Å². The Kier molecular flexibility index (Phi) is 5.53. The zero-order chi connectivity index (χ0) is 19.6. The quantitative estimate of drug-likeness (QED) is 0.707. The van der Waals surface area contributed by atoms with Crippen molar-refractivity contribution < 1.29 is 18.0 Å². The van der Waals surface area contributed by atoms with Crippen LogP contribution in [0.15, 0.2) is 28.6 Å². The molecule has 1 fully saturated rings. The minimum atomic E-state index is -3.82. The van der Waals surface area contributed by atoms with Gasteiger partial charge in [0.15, 0.2) is 0 Å². The van der Waals surface area contributed by atoms with E-state index >= 15 is 0 Å². The van der Waals surface area contributed by atoms with Crippen molar-refractivity contribution >= 4 is 38.3 Å². The zero-order valence-electron chi connectivity index (χ0n) is 14.6. The number of anilines is 1. The molecule has 0 spiro atoms. The molecule has 2 amide bonds. The molecular formula is C16H19N5O4S2. The number of carbonyl (C=O) groups excluding carboxylic acids is 2. The van der Waals surface area contributed by atoms with Gasteiger partial charge in [0.05, 0.1) is 0 Å². The maximum absolute atomic E-state index is 12.7. The van der Waals surface area contributed by atoms with Crippen LogP contribution < -0.4 is 11.1 Å². The average Bonchev–Trinajstić information content (AvgIpc) is 3.11. The molecule has 0 radical (unpaired) electrons. The van der Waals surface area contributed by atoms with Crippen LogP contribution in [0.2, 0.25) is 0 Å². The van der Waals surface area contributed by atoms with Gasteiger partial charge in [-0.15, -0.1) is 10.2 Å². The molecule has 1 aromatic carbocycles. The fraction of sp³-hybridized carbons (Fsp3) is 0.375. The Bertz CT molecular complexity index is 947. The summed E-state index contributed by atoms with van der Waals surface area (Å²) in [5.74, 6) is -1.11. The minimum Gasteiger partial charge on any atom is -0.369 e. The molecule has 1 aliphatic rings. The predicted molar refractivity (Wildman–Crippen MR) is 99.7 cm³/mol. The molecule has 144 valence electrons. The third-order valence-electron chi connectivity index (χ3n) is 4.36. The highest BCUT2D eigenvalue weighted by Crippen LogP contribution is 2.27. The van der Waals surface area contributed by atoms with Gasteiger partial charge in [-0.3, -0.25) is 14.9 Å². The fourth-order valence-corrected chi connectivity index (χ4v) is 5.23. The van der Waals surface area contributed by atoms with E-state index in [-0.39, 0.29) is 28.5 Å². The maximum Gasteiger partial charge on any atom is 0.272 e. The summed E-state index contributed by atoms with van der Waals surface area (Å²) in [5, 5.41) is 10.1. The molecule has 2 heterocycles. The van der Waals surface area contributed by atoms with Crippen molar-refractivity contribution in [2.24, 2.45) is 11.7 Å². The summed E-state index contributed by atoms with van der Waals surface area (Å²) < 4.78 is 26.4. The third kappa shape index (κ3) is 4.31. The number of nitrogens with two attached hydrogens (primary N) is 1. The number of amides is 2. The second-order valence-electron chi connectivity index (χ2n) is 6.27. The van der Waals surface area contributed by atoms with Crippen LogP contribution in [-0.2, 0) is 14.8 Å². The van der Waals surface area contributed by atoms with Crippen molar-refractivity contribution in [2.45, 2.75) is 24.1 Å². The topological polar surface area (TPSA) is 135 Å². The van der Waals surface area contributed by atoms with Gasteiger partial charge in [0.2, 0.25) is 15.4 Å². The van der Waals surface area contributed by atoms with Crippen LogP contribution in [0.5, 0.6) is 0 Å². The predicted octanol–water partition coefficient (Wildman–Crippen LogP) is 0.985. The van der Waals surface area contributed by atoms with Crippen molar-refractivity contribution in [1.82, 2.24) is 14.5 Å². The maximum atomic E-state index is 12.7. The molecule has 0 bridgehead atoms. The van der Waals surface area contributed by atoms with E-state index in [1.165, 1.54) is 4.31 Å². The fourth-order valence-electron chi connectivity index (χ4n) is 2.73. The molecule has 2 aromatic rings. The second-order valence-corrected chi connectivity index (χ2v) is 9.36. The number of carbonyl (C=O) groups is 2. The number of aryl methyl sites for hydroxylation is 1. The van der Waals surface area contributed by atoms with Crippen LogP contribution >= 0.6 is 11.3 Å². The number of rotatable bonds is 5. The Labute approximate surface area is 160 Å². The van der Waals surface area contributed by atoms with Crippen LogP contribution in [0.3, 0.4) is 0 Å². The Morgan fingerprint density at radius 1 is 1.19 bits per heavy atom. The summed E-state index contributed by atoms with van der Waals surface area (Å²) in [4.78, 5) is 23.4. The van der Waals surface area contributed by atoms with Crippen molar-refractivity contribution in [2.75, 3.05) is 18.4 Å². The van der Waals surface area contributed by atoms with Crippen molar-refractivity contribution in [3.63, 3.8) is 0 Å². The summed E-state index contributed by atoms with van der Waals surface area (Å²) in [6.07, 6.45) is 0.759. The Balaban J connectivity index is 1.68. The zero-order valence-corrected chi connectivity index (χ0v) is 16.2. The van der Waals surface area contributed by atoms with Crippen molar-refractivity contribution in [3.8, 4) is 0 Å². The average molecular weight is 409 g/mol. The van der Waals surface area contributed by atoms with E-state index in [1.54, 1.807) is 24.3 Å². The first-order valence-electron chi connectivity index (χ1n) is 8.28. The smallest absolute Gasteiger partial charge is 0.272 e. The number of nitrogens with one attached hydrogen (secondary N) is 1. The monoisotopic (exact) mass is 409 g/mol. The molecule has 0 atom stereocenters. The summed E-state index contributed by atoms with van der Waals surface area (Å²) in [7, 11) is -3.82. The van der Waals surface area contributed by atoms with E-state index in [2.05, 4.69) is 15.5 Å². The van der Waals surface area contributed by atoms with Gasteiger partial charge in [0, 0.05) is 24.6 Å². The SMILES string of the molecule is Cc1ccc(C(=O)Nc2nnc(S(=O)(=O)N3CCC(C(N)=O)CC3)s2)cc1. The highest BCUT2D eigenvalue weighted by molar-refractivity contribution is 7.91. The molecule has 1 aliphatic heterocycles. The van der Waals surface area contributed by atoms with Crippen molar-refractivity contribution in [1.29, 1.82) is 0 Å². The molecular weight excluding hydrogens is 390 g/mol. The van der Waals surface area contributed by atoms with E-state index in [9.17, 15) is 18.0 Å². The van der Waals surface area contributed by atoms with Gasteiger partial charge < -0.3 is 5.73 Å². The van der Waals surface area contributed by atoms with Gasteiger partial charge in [0.1, 0.15) is 0 Å². The highest BCUT2D eigenvalue weighted by Gasteiger charge is 2.33. The van der Waals surface area contributed by atoms with Gasteiger partial charge in [-0.25, -0.2) is 8.42 Å². The number of primary amides is 1. The molecule has 11 heteroatoms.